The number of rotatable bonds is 5. The Morgan fingerprint density at radius 2 is 1.95 bits per heavy atom. The van der Waals surface area contributed by atoms with Crippen molar-refractivity contribution in [1.29, 1.82) is 0 Å². The van der Waals surface area contributed by atoms with Gasteiger partial charge in [-0.1, -0.05) is 48.9 Å². The predicted octanol–water partition coefficient (Wildman–Crippen LogP) is 2.54. The normalized spacial score (nSPS) is 15.8. The van der Waals surface area contributed by atoms with Crippen LogP contribution in [-0.2, 0) is 12.3 Å². The number of hydrogen-bond donors (Lipinski definition) is 1. The number of benzene rings is 1. The molecule has 0 aliphatic heterocycles. The molecular formula is C14H19N5S. The maximum absolute atomic E-state index is 5.77. The molecule has 2 aromatic rings. The summed E-state index contributed by atoms with van der Waals surface area (Å²) >= 11 is 1.69. The zero-order valence-electron chi connectivity index (χ0n) is 11.4. The Balaban J connectivity index is 1.71. The lowest BCUT2D eigenvalue weighted by atomic mass is 10.1. The molecule has 5 nitrogen and oxygen atoms in total. The number of nitrogens with zero attached hydrogens (tertiary/aromatic N) is 4. The molecule has 0 spiro atoms. The summed E-state index contributed by atoms with van der Waals surface area (Å²) in [5.41, 5.74) is 8.23. The average molecular weight is 289 g/mol. The molecule has 0 bridgehead atoms. The number of thioether (sulfide) groups is 1. The molecule has 0 unspecified atom stereocenters. The van der Waals surface area contributed by atoms with Crippen molar-refractivity contribution in [2.45, 2.75) is 49.2 Å². The van der Waals surface area contributed by atoms with Crippen LogP contribution in [0.2, 0.25) is 0 Å². The van der Waals surface area contributed by atoms with E-state index in [0.717, 1.165) is 10.9 Å². The highest BCUT2D eigenvalue weighted by molar-refractivity contribution is 7.98. The molecule has 20 heavy (non-hydrogen) atoms. The van der Waals surface area contributed by atoms with Crippen molar-refractivity contribution in [3.05, 3.63) is 35.4 Å². The molecule has 2 N–H and O–H groups in total. The van der Waals surface area contributed by atoms with Crippen LogP contribution >= 0.6 is 11.8 Å². The minimum absolute atomic E-state index is 0.484. The molecular weight excluding hydrogens is 270 g/mol. The second kappa shape index (κ2) is 6.37. The highest BCUT2D eigenvalue weighted by atomic mass is 32.2. The Bertz CT molecular complexity index is 562. The Morgan fingerprint density at radius 3 is 2.70 bits per heavy atom. The molecule has 0 atom stereocenters. The number of hydrogen-bond acceptors (Lipinski definition) is 5. The van der Waals surface area contributed by atoms with Gasteiger partial charge in [0.1, 0.15) is 0 Å². The van der Waals surface area contributed by atoms with Gasteiger partial charge in [-0.3, -0.25) is 0 Å². The zero-order chi connectivity index (χ0) is 13.8. The van der Waals surface area contributed by atoms with Gasteiger partial charge in [-0.2, -0.15) is 0 Å². The first kappa shape index (κ1) is 13.6. The Kier molecular flexibility index (Phi) is 4.32. The molecule has 0 amide bonds. The van der Waals surface area contributed by atoms with E-state index in [4.69, 9.17) is 5.73 Å². The van der Waals surface area contributed by atoms with Crippen LogP contribution in [0, 0.1) is 0 Å². The van der Waals surface area contributed by atoms with E-state index < -0.39 is 0 Å². The fourth-order valence-electron chi connectivity index (χ4n) is 2.70. The number of nitrogens with two attached hydrogens (primary N) is 1. The summed E-state index contributed by atoms with van der Waals surface area (Å²) in [5.74, 6) is 0.862. The summed E-state index contributed by atoms with van der Waals surface area (Å²) in [6.07, 6.45) is 4.95. The molecule has 6 heteroatoms. The van der Waals surface area contributed by atoms with E-state index in [1.54, 1.807) is 11.8 Å². The Labute approximate surface area is 122 Å². The Morgan fingerprint density at radius 1 is 1.20 bits per heavy atom. The first-order valence-electron chi connectivity index (χ1n) is 7.06. The minimum Gasteiger partial charge on any atom is -0.326 e. The fourth-order valence-corrected chi connectivity index (χ4v) is 3.68. The van der Waals surface area contributed by atoms with E-state index in [-0.39, 0.29) is 0 Å². The van der Waals surface area contributed by atoms with E-state index >= 15 is 0 Å². The molecule has 0 saturated heterocycles. The van der Waals surface area contributed by atoms with Gasteiger partial charge in [-0.05, 0) is 34.4 Å². The van der Waals surface area contributed by atoms with Gasteiger partial charge < -0.3 is 5.73 Å². The van der Waals surface area contributed by atoms with Crippen LogP contribution in [0.5, 0.6) is 0 Å². The van der Waals surface area contributed by atoms with Gasteiger partial charge in [0.15, 0.2) is 0 Å². The van der Waals surface area contributed by atoms with Gasteiger partial charge in [-0.15, -0.1) is 5.10 Å². The van der Waals surface area contributed by atoms with Crippen molar-refractivity contribution in [3.63, 3.8) is 0 Å². The van der Waals surface area contributed by atoms with Gasteiger partial charge in [0.2, 0.25) is 5.16 Å². The molecule has 1 fully saturated rings. The third-order valence-corrected chi connectivity index (χ3v) is 4.81. The molecule has 0 radical (unpaired) electrons. The molecule has 1 saturated carbocycles. The summed E-state index contributed by atoms with van der Waals surface area (Å²) in [6, 6.07) is 8.76. The van der Waals surface area contributed by atoms with Crippen molar-refractivity contribution in [2.75, 3.05) is 0 Å². The van der Waals surface area contributed by atoms with Gasteiger partial charge in [-0.25, -0.2) is 4.68 Å². The summed E-state index contributed by atoms with van der Waals surface area (Å²) in [5, 5.41) is 13.1. The van der Waals surface area contributed by atoms with E-state index in [9.17, 15) is 0 Å². The van der Waals surface area contributed by atoms with Crippen LogP contribution in [0.15, 0.2) is 29.4 Å². The van der Waals surface area contributed by atoms with Crippen LogP contribution in [0.25, 0.3) is 0 Å². The van der Waals surface area contributed by atoms with Crippen LogP contribution in [0.4, 0.5) is 0 Å². The standard InChI is InChI=1S/C14H19N5S/c15-9-11-5-1-2-6-12(11)10-20-14-16-17-18-19(14)13-7-3-4-8-13/h1-2,5-6,13H,3-4,7-10,15H2. The van der Waals surface area contributed by atoms with E-state index in [0.29, 0.717) is 12.6 Å². The van der Waals surface area contributed by atoms with Gasteiger partial charge in [0, 0.05) is 12.3 Å². The van der Waals surface area contributed by atoms with E-state index in [1.807, 2.05) is 10.7 Å². The molecule has 1 aromatic heterocycles. The molecule has 1 aliphatic carbocycles. The number of aromatic nitrogens is 4. The molecule has 106 valence electrons. The minimum atomic E-state index is 0.484. The largest absolute Gasteiger partial charge is 0.326 e. The third-order valence-electron chi connectivity index (χ3n) is 3.83. The van der Waals surface area contributed by atoms with Crippen molar-refractivity contribution in [2.24, 2.45) is 5.73 Å². The highest BCUT2D eigenvalue weighted by Crippen LogP contribution is 2.32. The maximum Gasteiger partial charge on any atom is 0.209 e. The first-order valence-corrected chi connectivity index (χ1v) is 8.04. The average Bonchev–Trinajstić information content (AvgIpc) is 3.15. The maximum atomic E-state index is 5.77. The summed E-state index contributed by atoms with van der Waals surface area (Å²) in [7, 11) is 0. The monoisotopic (exact) mass is 289 g/mol. The lowest BCUT2D eigenvalue weighted by molar-refractivity contribution is 0.423. The van der Waals surface area contributed by atoms with Crippen molar-refractivity contribution >= 4 is 11.8 Å². The topological polar surface area (TPSA) is 69.6 Å². The zero-order valence-corrected chi connectivity index (χ0v) is 12.2. The summed E-state index contributed by atoms with van der Waals surface area (Å²) < 4.78 is 2.00. The van der Waals surface area contributed by atoms with Gasteiger partial charge in [0.25, 0.3) is 0 Å². The SMILES string of the molecule is NCc1ccccc1CSc1nnnn1C1CCCC1. The summed E-state index contributed by atoms with van der Waals surface area (Å²) in [4.78, 5) is 0. The van der Waals surface area contributed by atoms with Crippen molar-refractivity contribution in [1.82, 2.24) is 20.2 Å². The highest BCUT2D eigenvalue weighted by Gasteiger charge is 2.21. The molecule has 1 heterocycles. The summed E-state index contributed by atoms with van der Waals surface area (Å²) in [6.45, 7) is 0.574. The smallest absolute Gasteiger partial charge is 0.209 e. The predicted molar refractivity (Wildman–Crippen MR) is 79.2 cm³/mol. The lowest BCUT2D eigenvalue weighted by Crippen LogP contribution is -2.08. The van der Waals surface area contributed by atoms with E-state index in [1.165, 1.54) is 36.8 Å². The lowest BCUT2D eigenvalue weighted by Gasteiger charge is -2.11. The molecule has 1 aliphatic rings. The first-order chi connectivity index (χ1) is 9.88. The van der Waals surface area contributed by atoms with Crippen molar-refractivity contribution < 1.29 is 0 Å². The molecule has 1 aromatic carbocycles. The fraction of sp³-hybridized carbons (Fsp3) is 0.500. The second-order valence-electron chi connectivity index (χ2n) is 5.11. The Hall–Kier alpha value is -1.40. The van der Waals surface area contributed by atoms with Crippen LogP contribution < -0.4 is 5.73 Å². The van der Waals surface area contributed by atoms with E-state index in [2.05, 4.69) is 33.7 Å². The molecule has 3 rings (SSSR count). The second-order valence-corrected chi connectivity index (χ2v) is 6.05. The number of tetrazole rings is 1. The van der Waals surface area contributed by atoms with Crippen LogP contribution in [-0.4, -0.2) is 20.2 Å². The van der Waals surface area contributed by atoms with Gasteiger partial charge >= 0.3 is 0 Å². The van der Waals surface area contributed by atoms with Crippen LogP contribution in [0.3, 0.4) is 0 Å². The third kappa shape index (κ3) is 2.86. The van der Waals surface area contributed by atoms with Crippen LogP contribution in [0.1, 0.15) is 42.9 Å². The van der Waals surface area contributed by atoms with Crippen molar-refractivity contribution in [3.8, 4) is 0 Å². The van der Waals surface area contributed by atoms with Gasteiger partial charge in [0.05, 0.1) is 6.04 Å². The quantitative estimate of drug-likeness (QED) is 0.857.